The first kappa shape index (κ1) is 13.1. The van der Waals surface area contributed by atoms with E-state index >= 15 is 0 Å². The van der Waals surface area contributed by atoms with E-state index in [4.69, 9.17) is 0 Å². The number of benzene rings is 1. The van der Waals surface area contributed by atoms with Crippen molar-refractivity contribution in [3.8, 4) is 0 Å². The van der Waals surface area contributed by atoms with Crippen LogP contribution in [0.4, 0.5) is 0 Å². The summed E-state index contributed by atoms with van der Waals surface area (Å²) in [6.45, 7) is 4.44. The predicted octanol–water partition coefficient (Wildman–Crippen LogP) is 4.64. The van der Waals surface area contributed by atoms with Gasteiger partial charge in [0.05, 0.1) is 11.0 Å². The highest BCUT2D eigenvalue weighted by atomic mass is 14.9. The zero-order chi connectivity index (χ0) is 12.8. The first-order valence-corrected chi connectivity index (χ1v) is 7.31. The minimum absolute atomic E-state index is 1.08. The zero-order valence-electron chi connectivity index (χ0n) is 11.6. The summed E-state index contributed by atoms with van der Waals surface area (Å²) in [5, 5.41) is 0. The third-order valence-corrected chi connectivity index (χ3v) is 3.52. The Hall–Kier alpha value is -1.31. The molecule has 1 N–H and O–H groups in total. The molecule has 0 spiro atoms. The van der Waals surface area contributed by atoms with Gasteiger partial charge in [-0.15, -0.1) is 0 Å². The topological polar surface area (TPSA) is 28.7 Å². The molecule has 0 amide bonds. The third kappa shape index (κ3) is 3.34. The van der Waals surface area contributed by atoms with Crippen LogP contribution in [0.5, 0.6) is 0 Å². The third-order valence-electron chi connectivity index (χ3n) is 3.52. The van der Waals surface area contributed by atoms with Gasteiger partial charge in [-0.25, -0.2) is 4.98 Å². The Morgan fingerprint density at radius 3 is 2.67 bits per heavy atom. The van der Waals surface area contributed by atoms with Crippen molar-refractivity contribution < 1.29 is 0 Å². The first-order valence-electron chi connectivity index (χ1n) is 7.31. The number of aromatic amines is 1. The minimum Gasteiger partial charge on any atom is -0.342 e. The van der Waals surface area contributed by atoms with Crippen molar-refractivity contribution in [2.45, 2.75) is 58.8 Å². The fraction of sp³-hybridized carbons (Fsp3) is 0.562. The Labute approximate surface area is 110 Å². The van der Waals surface area contributed by atoms with E-state index in [2.05, 4.69) is 42.0 Å². The van der Waals surface area contributed by atoms with Crippen LogP contribution in [0.1, 0.15) is 57.3 Å². The molecule has 0 atom stereocenters. The molecule has 0 saturated carbocycles. The number of hydrogen-bond donors (Lipinski definition) is 1. The zero-order valence-corrected chi connectivity index (χ0v) is 11.6. The van der Waals surface area contributed by atoms with E-state index in [1.165, 1.54) is 43.2 Å². The number of rotatable bonds is 7. The summed E-state index contributed by atoms with van der Waals surface area (Å²) in [4.78, 5) is 8.10. The van der Waals surface area contributed by atoms with Crippen LogP contribution in [-0.2, 0) is 12.8 Å². The van der Waals surface area contributed by atoms with Gasteiger partial charge < -0.3 is 4.98 Å². The lowest BCUT2D eigenvalue weighted by Crippen LogP contribution is -1.88. The highest BCUT2D eigenvalue weighted by Crippen LogP contribution is 2.15. The number of aromatic nitrogens is 2. The van der Waals surface area contributed by atoms with E-state index in [1.54, 1.807) is 0 Å². The first-order chi connectivity index (χ1) is 8.83. The summed E-state index contributed by atoms with van der Waals surface area (Å²) in [5.41, 5.74) is 3.68. The summed E-state index contributed by atoms with van der Waals surface area (Å²) in [6, 6.07) is 6.53. The molecule has 2 nitrogen and oxygen atoms in total. The molecule has 2 heteroatoms. The van der Waals surface area contributed by atoms with Crippen LogP contribution in [0.15, 0.2) is 18.2 Å². The van der Waals surface area contributed by atoms with Gasteiger partial charge in [0, 0.05) is 6.42 Å². The quantitative estimate of drug-likeness (QED) is 0.706. The van der Waals surface area contributed by atoms with Gasteiger partial charge >= 0.3 is 0 Å². The smallest absolute Gasteiger partial charge is 0.107 e. The van der Waals surface area contributed by atoms with Gasteiger partial charge in [0.15, 0.2) is 0 Å². The average Bonchev–Trinajstić information content (AvgIpc) is 2.80. The number of aryl methyl sites for hydroxylation is 2. The second kappa shape index (κ2) is 6.58. The van der Waals surface area contributed by atoms with Crippen molar-refractivity contribution in [1.82, 2.24) is 9.97 Å². The van der Waals surface area contributed by atoms with Crippen LogP contribution in [-0.4, -0.2) is 9.97 Å². The normalized spacial score (nSPS) is 11.2. The maximum absolute atomic E-state index is 4.65. The molecule has 2 rings (SSSR count). The second-order valence-corrected chi connectivity index (χ2v) is 5.05. The highest BCUT2D eigenvalue weighted by molar-refractivity contribution is 5.75. The number of fused-ring (bicyclic) bond motifs is 1. The predicted molar refractivity (Wildman–Crippen MR) is 77.9 cm³/mol. The van der Waals surface area contributed by atoms with Gasteiger partial charge in [0.1, 0.15) is 5.82 Å². The molecule has 0 aliphatic carbocycles. The molecule has 0 saturated heterocycles. The Bertz CT molecular complexity index is 485. The van der Waals surface area contributed by atoms with Gasteiger partial charge in [-0.05, 0) is 30.5 Å². The van der Waals surface area contributed by atoms with Gasteiger partial charge in [-0.2, -0.15) is 0 Å². The van der Waals surface area contributed by atoms with E-state index in [9.17, 15) is 0 Å². The van der Waals surface area contributed by atoms with Crippen molar-refractivity contribution in [1.29, 1.82) is 0 Å². The molecular formula is C16H24N2. The highest BCUT2D eigenvalue weighted by Gasteiger charge is 2.03. The Morgan fingerprint density at radius 1 is 1.06 bits per heavy atom. The van der Waals surface area contributed by atoms with Crippen molar-refractivity contribution in [2.75, 3.05) is 0 Å². The molecule has 0 radical (unpaired) electrons. The fourth-order valence-corrected chi connectivity index (χ4v) is 2.34. The Balaban J connectivity index is 1.93. The van der Waals surface area contributed by atoms with Gasteiger partial charge in [0.25, 0.3) is 0 Å². The maximum atomic E-state index is 4.65. The van der Waals surface area contributed by atoms with Crippen molar-refractivity contribution >= 4 is 11.0 Å². The van der Waals surface area contributed by atoms with Crippen molar-refractivity contribution in [2.24, 2.45) is 0 Å². The lowest BCUT2D eigenvalue weighted by Gasteiger charge is -1.97. The van der Waals surface area contributed by atoms with Crippen LogP contribution in [0.2, 0.25) is 0 Å². The molecule has 18 heavy (non-hydrogen) atoms. The summed E-state index contributed by atoms with van der Waals surface area (Å²) in [5.74, 6) is 1.15. The molecule has 1 aromatic heterocycles. The molecule has 98 valence electrons. The number of unbranched alkanes of at least 4 members (excludes halogenated alkanes) is 4. The summed E-state index contributed by atoms with van der Waals surface area (Å²) >= 11 is 0. The monoisotopic (exact) mass is 244 g/mol. The Kier molecular flexibility index (Phi) is 4.80. The SMILES string of the molecule is CCCCCCCc1nc2ccc(CC)cc2[nH]1. The summed E-state index contributed by atoms with van der Waals surface area (Å²) < 4.78 is 0. The summed E-state index contributed by atoms with van der Waals surface area (Å²) in [6.07, 6.45) is 8.77. The molecular weight excluding hydrogens is 220 g/mol. The second-order valence-electron chi connectivity index (χ2n) is 5.05. The number of hydrogen-bond acceptors (Lipinski definition) is 1. The van der Waals surface area contributed by atoms with Gasteiger partial charge in [-0.1, -0.05) is 45.6 Å². The van der Waals surface area contributed by atoms with Crippen molar-refractivity contribution in [3.05, 3.63) is 29.6 Å². The van der Waals surface area contributed by atoms with Gasteiger partial charge in [-0.3, -0.25) is 0 Å². The maximum Gasteiger partial charge on any atom is 0.107 e. The lowest BCUT2D eigenvalue weighted by atomic mass is 10.1. The largest absolute Gasteiger partial charge is 0.342 e. The van der Waals surface area contributed by atoms with Crippen LogP contribution in [0.25, 0.3) is 11.0 Å². The molecule has 0 fully saturated rings. The standard InChI is InChI=1S/C16H24N2/c1-3-5-6-7-8-9-16-17-14-11-10-13(4-2)12-15(14)18-16/h10-12H,3-9H2,1-2H3,(H,17,18). The molecule has 2 aromatic rings. The van der Waals surface area contributed by atoms with Crippen LogP contribution in [0, 0.1) is 0 Å². The summed E-state index contributed by atoms with van der Waals surface area (Å²) in [7, 11) is 0. The number of imidazole rings is 1. The van der Waals surface area contributed by atoms with Crippen molar-refractivity contribution in [3.63, 3.8) is 0 Å². The minimum atomic E-state index is 1.08. The van der Waals surface area contributed by atoms with E-state index in [0.29, 0.717) is 0 Å². The molecule has 1 aromatic carbocycles. The molecule has 0 aliphatic rings. The number of H-pyrrole nitrogens is 1. The van der Waals surface area contributed by atoms with E-state index < -0.39 is 0 Å². The van der Waals surface area contributed by atoms with Crippen LogP contribution >= 0.6 is 0 Å². The lowest BCUT2D eigenvalue weighted by molar-refractivity contribution is 0.625. The molecule has 0 aliphatic heterocycles. The number of nitrogens with one attached hydrogen (secondary N) is 1. The average molecular weight is 244 g/mol. The molecule has 0 bridgehead atoms. The number of nitrogens with zero attached hydrogens (tertiary/aromatic N) is 1. The van der Waals surface area contributed by atoms with Gasteiger partial charge in [0.2, 0.25) is 0 Å². The van der Waals surface area contributed by atoms with Crippen LogP contribution < -0.4 is 0 Å². The Morgan fingerprint density at radius 2 is 1.89 bits per heavy atom. The van der Waals surface area contributed by atoms with Crippen LogP contribution in [0.3, 0.4) is 0 Å². The molecule has 1 heterocycles. The van der Waals surface area contributed by atoms with E-state index in [0.717, 1.165) is 24.2 Å². The fourth-order valence-electron chi connectivity index (χ4n) is 2.34. The van der Waals surface area contributed by atoms with E-state index in [-0.39, 0.29) is 0 Å². The van der Waals surface area contributed by atoms with E-state index in [1.807, 2.05) is 0 Å². The molecule has 0 unspecified atom stereocenters.